The van der Waals surface area contributed by atoms with Crippen LogP contribution in [-0.2, 0) is 9.53 Å². The standard InChI is InChI=1S/C14H31N3O2/c1-7-9-15-13(14(18)19-6)11-17(8-2)12(3)10-16(4)5/h12-13,15H,7-11H2,1-6H3. The van der Waals surface area contributed by atoms with Gasteiger partial charge < -0.3 is 15.0 Å². The van der Waals surface area contributed by atoms with Crippen LogP contribution < -0.4 is 5.32 Å². The molecule has 1 N–H and O–H groups in total. The maximum Gasteiger partial charge on any atom is 0.324 e. The molecule has 0 rings (SSSR count). The molecule has 0 saturated heterocycles. The molecular weight excluding hydrogens is 242 g/mol. The first-order valence-electron chi connectivity index (χ1n) is 7.16. The summed E-state index contributed by atoms with van der Waals surface area (Å²) in [4.78, 5) is 16.3. The summed E-state index contributed by atoms with van der Waals surface area (Å²) in [6.45, 7) is 9.84. The fourth-order valence-corrected chi connectivity index (χ4v) is 2.18. The summed E-state index contributed by atoms with van der Waals surface area (Å²) in [5, 5.41) is 3.26. The van der Waals surface area contributed by atoms with Crippen molar-refractivity contribution in [3.8, 4) is 0 Å². The van der Waals surface area contributed by atoms with E-state index in [0.29, 0.717) is 12.6 Å². The van der Waals surface area contributed by atoms with Crippen LogP contribution in [0.15, 0.2) is 0 Å². The van der Waals surface area contributed by atoms with E-state index in [-0.39, 0.29) is 12.0 Å². The number of esters is 1. The molecule has 0 spiro atoms. The molecule has 5 nitrogen and oxygen atoms in total. The Bertz CT molecular complexity index is 247. The molecule has 19 heavy (non-hydrogen) atoms. The zero-order valence-electron chi connectivity index (χ0n) is 13.4. The maximum absolute atomic E-state index is 11.8. The molecule has 0 radical (unpaired) electrons. The van der Waals surface area contributed by atoms with Crippen molar-refractivity contribution in [1.82, 2.24) is 15.1 Å². The topological polar surface area (TPSA) is 44.8 Å². The molecule has 0 aromatic heterocycles. The highest BCUT2D eigenvalue weighted by Gasteiger charge is 2.23. The van der Waals surface area contributed by atoms with Gasteiger partial charge in [0.25, 0.3) is 0 Å². The Morgan fingerprint density at radius 2 is 1.89 bits per heavy atom. The molecule has 2 unspecified atom stereocenters. The van der Waals surface area contributed by atoms with Gasteiger partial charge in [0.15, 0.2) is 0 Å². The predicted octanol–water partition coefficient (Wildman–Crippen LogP) is 0.800. The lowest BCUT2D eigenvalue weighted by molar-refractivity contribution is -0.143. The van der Waals surface area contributed by atoms with Gasteiger partial charge in [-0.2, -0.15) is 0 Å². The van der Waals surface area contributed by atoms with Crippen LogP contribution in [0, 0.1) is 0 Å². The van der Waals surface area contributed by atoms with Crippen molar-refractivity contribution in [2.75, 3.05) is 47.4 Å². The molecule has 0 fully saturated rings. The minimum Gasteiger partial charge on any atom is -0.468 e. The Balaban J connectivity index is 4.53. The minimum absolute atomic E-state index is 0.177. The summed E-state index contributed by atoms with van der Waals surface area (Å²) in [6.07, 6.45) is 1.01. The average molecular weight is 273 g/mol. The van der Waals surface area contributed by atoms with Gasteiger partial charge in [0.2, 0.25) is 0 Å². The summed E-state index contributed by atoms with van der Waals surface area (Å²) in [5.74, 6) is -0.177. The van der Waals surface area contributed by atoms with Gasteiger partial charge >= 0.3 is 5.97 Å². The van der Waals surface area contributed by atoms with E-state index in [0.717, 1.165) is 26.1 Å². The van der Waals surface area contributed by atoms with E-state index in [1.165, 1.54) is 7.11 Å². The monoisotopic (exact) mass is 273 g/mol. The van der Waals surface area contributed by atoms with E-state index >= 15 is 0 Å². The SMILES string of the molecule is CCCNC(CN(CC)C(C)CN(C)C)C(=O)OC. The van der Waals surface area contributed by atoms with Crippen LogP contribution in [0.5, 0.6) is 0 Å². The van der Waals surface area contributed by atoms with E-state index in [4.69, 9.17) is 4.74 Å². The highest BCUT2D eigenvalue weighted by Crippen LogP contribution is 2.03. The number of hydrogen-bond donors (Lipinski definition) is 1. The molecule has 0 saturated carbocycles. The second-order valence-electron chi connectivity index (χ2n) is 5.23. The Morgan fingerprint density at radius 3 is 2.32 bits per heavy atom. The van der Waals surface area contributed by atoms with Gasteiger partial charge in [0.1, 0.15) is 6.04 Å². The number of carbonyl (C=O) groups excluding carboxylic acids is 1. The molecule has 0 aromatic carbocycles. The number of nitrogens with one attached hydrogen (secondary N) is 1. The number of hydrogen-bond acceptors (Lipinski definition) is 5. The number of likely N-dealkylation sites (N-methyl/N-ethyl adjacent to an activating group) is 2. The molecule has 0 bridgehead atoms. The van der Waals surface area contributed by atoms with Crippen molar-refractivity contribution in [1.29, 1.82) is 0 Å². The van der Waals surface area contributed by atoms with Crippen molar-refractivity contribution in [3.63, 3.8) is 0 Å². The van der Waals surface area contributed by atoms with Crippen molar-refractivity contribution in [2.45, 2.75) is 39.3 Å². The van der Waals surface area contributed by atoms with E-state index in [2.05, 4.69) is 50.0 Å². The van der Waals surface area contributed by atoms with E-state index in [9.17, 15) is 4.79 Å². The van der Waals surface area contributed by atoms with E-state index in [1.54, 1.807) is 0 Å². The predicted molar refractivity (Wildman–Crippen MR) is 79.4 cm³/mol. The number of nitrogens with zero attached hydrogens (tertiary/aromatic N) is 2. The van der Waals surface area contributed by atoms with E-state index < -0.39 is 0 Å². The second kappa shape index (κ2) is 10.2. The third-order valence-electron chi connectivity index (χ3n) is 3.20. The quantitative estimate of drug-likeness (QED) is 0.597. The highest BCUT2D eigenvalue weighted by molar-refractivity contribution is 5.75. The largest absolute Gasteiger partial charge is 0.468 e. The zero-order valence-corrected chi connectivity index (χ0v) is 13.4. The minimum atomic E-state index is -0.241. The van der Waals surface area contributed by atoms with Crippen LogP contribution in [0.4, 0.5) is 0 Å². The number of rotatable bonds is 10. The summed E-state index contributed by atoms with van der Waals surface area (Å²) in [6, 6.07) is 0.171. The van der Waals surface area contributed by atoms with Crippen molar-refractivity contribution in [2.24, 2.45) is 0 Å². The molecule has 2 atom stereocenters. The third-order valence-corrected chi connectivity index (χ3v) is 3.20. The van der Waals surface area contributed by atoms with Crippen LogP contribution in [0.2, 0.25) is 0 Å². The summed E-state index contributed by atoms with van der Waals surface area (Å²) in [5.41, 5.74) is 0. The lowest BCUT2D eigenvalue weighted by atomic mass is 10.2. The molecule has 0 aliphatic heterocycles. The van der Waals surface area contributed by atoms with E-state index in [1.807, 2.05) is 0 Å². The Kier molecular flexibility index (Phi) is 9.83. The molecule has 0 aliphatic rings. The number of methoxy groups -OCH3 is 1. The van der Waals surface area contributed by atoms with Gasteiger partial charge in [0.05, 0.1) is 7.11 Å². The van der Waals surface area contributed by atoms with Gasteiger partial charge in [-0.05, 0) is 40.5 Å². The van der Waals surface area contributed by atoms with Gasteiger partial charge in [-0.25, -0.2) is 0 Å². The fourth-order valence-electron chi connectivity index (χ4n) is 2.18. The van der Waals surface area contributed by atoms with Crippen LogP contribution in [0.1, 0.15) is 27.2 Å². The lowest BCUT2D eigenvalue weighted by Gasteiger charge is -2.32. The van der Waals surface area contributed by atoms with Gasteiger partial charge in [-0.1, -0.05) is 13.8 Å². The first kappa shape index (κ1) is 18.4. The molecule has 0 aliphatic carbocycles. The van der Waals surface area contributed by atoms with Gasteiger partial charge in [-0.15, -0.1) is 0 Å². The van der Waals surface area contributed by atoms with Crippen LogP contribution in [0.25, 0.3) is 0 Å². The average Bonchev–Trinajstić information content (AvgIpc) is 2.37. The molecule has 0 heterocycles. The van der Waals surface area contributed by atoms with Crippen LogP contribution >= 0.6 is 0 Å². The smallest absolute Gasteiger partial charge is 0.324 e. The first-order valence-corrected chi connectivity index (χ1v) is 7.16. The van der Waals surface area contributed by atoms with Crippen LogP contribution in [0.3, 0.4) is 0 Å². The van der Waals surface area contributed by atoms with Crippen LogP contribution in [-0.4, -0.2) is 75.2 Å². The number of carbonyl (C=O) groups is 1. The normalized spacial score (nSPS) is 14.7. The maximum atomic E-state index is 11.8. The molecule has 0 amide bonds. The fraction of sp³-hybridized carbons (Fsp3) is 0.929. The van der Waals surface area contributed by atoms with Gasteiger partial charge in [-0.3, -0.25) is 9.69 Å². The second-order valence-corrected chi connectivity index (χ2v) is 5.23. The Labute approximate surface area is 118 Å². The zero-order chi connectivity index (χ0) is 14.8. The summed E-state index contributed by atoms with van der Waals surface area (Å²) >= 11 is 0. The Morgan fingerprint density at radius 1 is 1.26 bits per heavy atom. The highest BCUT2D eigenvalue weighted by atomic mass is 16.5. The first-order chi connectivity index (χ1) is 8.96. The number of ether oxygens (including phenoxy) is 1. The summed E-state index contributed by atoms with van der Waals surface area (Å²) < 4.78 is 4.88. The lowest BCUT2D eigenvalue weighted by Crippen LogP contribution is -2.51. The molecule has 5 heteroatoms. The molecular formula is C14H31N3O2. The van der Waals surface area contributed by atoms with Gasteiger partial charge in [0, 0.05) is 19.1 Å². The molecule has 0 aromatic rings. The third kappa shape index (κ3) is 7.50. The Hall–Kier alpha value is -0.650. The molecule has 114 valence electrons. The van der Waals surface area contributed by atoms with Crippen molar-refractivity contribution in [3.05, 3.63) is 0 Å². The van der Waals surface area contributed by atoms with Crippen molar-refractivity contribution < 1.29 is 9.53 Å². The summed E-state index contributed by atoms with van der Waals surface area (Å²) in [7, 11) is 5.58. The van der Waals surface area contributed by atoms with Crippen molar-refractivity contribution >= 4 is 5.97 Å².